The lowest BCUT2D eigenvalue weighted by molar-refractivity contribution is 0.0106. The number of imidazole rings is 1. The summed E-state index contributed by atoms with van der Waals surface area (Å²) in [7, 11) is 3.42. The van der Waals surface area contributed by atoms with Gasteiger partial charge in [-0.2, -0.15) is 0 Å². The van der Waals surface area contributed by atoms with Gasteiger partial charge in [-0.3, -0.25) is 0 Å². The molecule has 0 amide bonds. The summed E-state index contributed by atoms with van der Waals surface area (Å²) in [5, 5.41) is 3.52. The second kappa shape index (κ2) is 17.0. The molecule has 3 aromatic carbocycles. The average molecular weight is 600 g/mol. The van der Waals surface area contributed by atoms with E-state index in [2.05, 4.69) is 63.4 Å². The Morgan fingerprint density at radius 2 is 1.80 bits per heavy atom. The first-order valence-corrected chi connectivity index (χ1v) is 15.6. The zero-order chi connectivity index (χ0) is 30.4. The van der Waals surface area contributed by atoms with E-state index in [0.29, 0.717) is 32.3 Å². The highest BCUT2D eigenvalue weighted by Crippen LogP contribution is 2.30. The summed E-state index contributed by atoms with van der Waals surface area (Å²) in [6, 6.07) is 25.0. The Hall–Kier alpha value is -3.69. The Balaban J connectivity index is 1.09. The van der Waals surface area contributed by atoms with Gasteiger partial charge in [-0.1, -0.05) is 48.5 Å². The zero-order valence-corrected chi connectivity index (χ0v) is 26.0. The van der Waals surface area contributed by atoms with Crippen molar-refractivity contribution in [2.45, 2.75) is 51.0 Å². The van der Waals surface area contributed by atoms with Crippen LogP contribution >= 0.6 is 0 Å². The molecule has 2 unspecified atom stereocenters. The van der Waals surface area contributed by atoms with Crippen LogP contribution in [0.1, 0.15) is 41.9 Å². The Morgan fingerprint density at radius 3 is 2.66 bits per heavy atom. The second-order valence-electron chi connectivity index (χ2n) is 11.1. The quantitative estimate of drug-likeness (QED) is 0.144. The van der Waals surface area contributed by atoms with Crippen molar-refractivity contribution in [3.05, 3.63) is 102 Å². The van der Waals surface area contributed by atoms with Crippen LogP contribution in [0, 0.1) is 0 Å². The van der Waals surface area contributed by atoms with Gasteiger partial charge in [-0.15, -0.1) is 0 Å². The molecule has 0 aliphatic carbocycles. The first-order chi connectivity index (χ1) is 21.7. The second-order valence-corrected chi connectivity index (χ2v) is 11.1. The molecule has 1 aliphatic rings. The van der Waals surface area contributed by atoms with Crippen LogP contribution in [-0.4, -0.2) is 62.8 Å². The molecular weight excluding hydrogens is 554 g/mol. The molecule has 2 atom stereocenters. The molecular formula is C36H45N3O5. The van der Waals surface area contributed by atoms with Gasteiger partial charge in [-0.05, 0) is 54.8 Å². The maximum atomic E-state index is 6.54. The first-order valence-electron chi connectivity index (χ1n) is 15.6. The van der Waals surface area contributed by atoms with Crippen LogP contribution in [0.5, 0.6) is 11.5 Å². The third kappa shape index (κ3) is 8.92. The standard InChI is InChI=1S/C36H45N3O5/c1-40-21-6-19-39-20-18-38-36(39)30-10-5-8-28(24-30)26-44-35-25-37-17-16-33(35)29-12-14-32(15-13-29)43-23-7-22-42-27-31-9-3-4-11-34(31)41-2/h3-5,8-15,18,20,24,33,35,37H,6-7,16-17,19,21-23,25-27H2,1-2H3. The predicted molar refractivity (Wildman–Crippen MR) is 172 cm³/mol. The topological polar surface area (TPSA) is 76.0 Å². The number of benzene rings is 3. The summed E-state index contributed by atoms with van der Waals surface area (Å²) < 4.78 is 31.1. The molecule has 1 fully saturated rings. The molecule has 1 aliphatic heterocycles. The average Bonchev–Trinajstić information content (AvgIpc) is 3.55. The Morgan fingerprint density at radius 1 is 0.909 bits per heavy atom. The van der Waals surface area contributed by atoms with E-state index in [4.69, 9.17) is 23.7 Å². The molecule has 4 aromatic rings. The number of rotatable bonds is 17. The van der Waals surface area contributed by atoms with Crippen LogP contribution in [0.2, 0.25) is 0 Å². The lowest BCUT2D eigenvalue weighted by atomic mass is 9.87. The van der Waals surface area contributed by atoms with E-state index in [0.717, 1.165) is 79.5 Å². The lowest BCUT2D eigenvalue weighted by Crippen LogP contribution is -2.40. The SMILES string of the molecule is COCCCn1ccnc1-c1cccc(COC2CNCCC2c2ccc(OCCCOCc3ccccc3OC)cc2)c1. The molecule has 0 radical (unpaired) electrons. The van der Waals surface area contributed by atoms with Crippen molar-refractivity contribution in [2.75, 3.05) is 47.1 Å². The number of nitrogens with one attached hydrogen (secondary N) is 1. The van der Waals surface area contributed by atoms with E-state index in [1.54, 1.807) is 14.2 Å². The van der Waals surface area contributed by atoms with Gasteiger partial charge < -0.3 is 33.6 Å². The van der Waals surface area contributed by atoms with Crippen molar-refractivity contribution >= 4 is 0 Å². The Labute approximate surface area is 261 Å². The van der Waals surface area contributed by atoms with Crippen molar-refractivity contribution in [1.82, 2.24) is 14.9 Å². The number of para-hydroxylation sites is 1. The fourth-order valence-electron chi connectivity index (χ4n) is 5.69. The Kier molecular flexibility index (Phi) is 12.2. The van der Waals surface area contributed by atoms with Gasteiger partial charge in [0, 0.05) is 62.7 Å². The number of nitrogens with zero attached hydrogens (tertiary/aromatic N) is 2. The van der Waals surface area contributed by atoms with Gasteiger partial charge in [0.15, 0.2) is 0 Å². The van der Waals surface area contributed by atoms with Crippen LogP contribution in [0.15, 0.2) is 85.2 Å². The molecule has 234 valence electrons. The summed E-state index contributed by atoms with van der Waals surface area (Å²) in [4.78, 5) is 4.61. The largest absolute Gasteiger partial charge is 0.496 e. The van der Waals surface area contributed by atoms with Crippen molar-refractivity contribution in [3.8, 4) is 22.9 Å². The third-order valence-corrected chi connectivity index (χ3v) is 8.00. The predicted octanol–water partition coefficient (Wildman–Crippen LogP) is 6.24. The van der Waals surface area contributed by atoms with Crippen molar-refractivity contribution in [1.29, 1.82) is 0 Å². The van der Waals surface area contributed by atoms with E-state index in [1.165, 1.54) is 5.56 Å². The molecule has 0 bridgehead atoms. The zero-order valence-electron chi connectivity index (χ0n) is 26.0. The summed E-state index contributed by atoms with van der Waals surface area (Å²) in [6.45, 7) is 5.76. The van der Waals surface area contributed by atoms with Crippen LogP contribution in [-0.2, 0) is 34.0 Å². The molecule has 8 heteroatoms. The molecule has 1 aromatic heterocycles. The van der Waals surface area contributed by atoms with Crippen molar-refractivity contribution in [2.24, 2.45) is 0 Å². The molecule has 0 saturated carbocycles. The minimum Gasteiger partial charge on any atom is -0.496 e. The number of hydrogen-bond acceptors (Lipinski definition) is 7. The van der Waals surface area contributed by atoms with Crippen LogP contribution in [0.3, 0.4) is 0 Å². The smallest absolute Gasteiger partial charge is 0.139 e. The van der Waals surface area contributed by atoms with Crippen molar-refractivity contribution < 1.29 is 23.7 Å². The van der Waals surface area contributed by atoms with Gasteiger partial charge in [0.25, 0.3) is 0 Å². The van der Waals surface area contributed by atoms with Gasteiger partial charge in [0.05, 0.1) is 39.6 Å². The molecule has 0 spiro atoms. The lowest BCUT2D eigenvalue weighted by Gasteiger charge is -2.32. The van der Waals surface area contributed by atoms with Crippen LogP contribution in [0.4, 0.5) is 0 Å². The summed E-state index contributed by atoms with van der Waals surface area (Å²) in [5.41, 5.74) is 4.59. The van der Waals surface area contributed by atoms with Crippen LogP contribution in [0.25, 0.3) is 11.4 Å². The number of aryl methyl sites for hydroxylation is 1. The monoisotopic (exact) mass is 599 g/mol. The fourth-order valence-corrected chi connectivity index (χ4v) is 5.69. The highest BCUT2D eigenvalue weighted by Gasteiger charge is 2.27. The normalized spacial score (nSPS) is 16.6. The van der Waals surface area contributed by atoms with E-state index in [1.807, 2.05) is 36.7 Å². The van der Waals surface area contributed by atoms with E-state index >= 15 is 0 Å². The van der Waals surface area contributed by atoms with Crippen molar-refractivity contribution in [3.63, 3.8) is 0 Å². The number of piperidine rings is 1. The first kappa shape index (κ1) is 31.7. The van der Waals surface area contributed by atoms with Gasteiger partial charge in [0.1, 0.15) is 17.3 Å². The summed E-state index contributed by atoms with van der Waals surface area (Å²) >= 11 is 0. The number of ether oxygens (including phenoxy) is 5. The maximum absolute atomic E-state index is 6.54. The van der Waals surface area contributed by atoms with Gasteiger partial charge in [-0.25, -0.2) is 4.98 Å². The number of aromatic nitrogens is 2. The maximum Gasteiger partial charge on any atom is 0.139 e. The van der Waals surface area contributed by atoms with Gasteiger partial charge in [0.2, 0.25) is 0 Å². The van der Waals surface area contributed by atoms with Gasteiger partial charge >= 0.3 is 0 Å². The van der Waals surface area contributed by atoms with E-state index in [9.17, 15) is 0 Å². The molecule has 1 N–H and O–H groups in total. The highest BCUT2D eigenvalue weighted by atomic mass is 16.5. The third-order valence-electron chi connectivity index (χ3n) is 8.00. The highest BCUT2D eigenvalue weighted by molar-refractivity contribution is 5.56. The van der Waals surface area contributed by atoms with E-state index < -0.39 is 0 Å². The molecule has 1 saturated heterocycles. The summed E-state index contributed by atoms with van der Waals surface area (Å²) in [6.07, 6.45) is 6.79. The fraction of sp³-hybridized carbons (Fsp3) is 0.417. The number of hydrogen-bond donors (Lipinski definition) is 1. The van der Waals surface area contributed by atoms with E-state index in [-0.39, 0.29) is 6.10 Å². The molecule has 2 heterocycles. The summed E-state index contributed by atoms with van der Waals surface area (Å²) in [5.74, 6) is 3.04. The number of methoxy groups -OCH3 is 2. The Bertz CT molecular complexity index is 1410. The molecule has 44 heavy (non-hydrogen) atoms. The molecule has 8 nitrogen and oxygen atoms in total. The van der Waals surface area contributed by atoms with Crippen LogP contribution < -0.4 is 14.8 Å². The molecule has 5 rings (SSSR count). The minimum absolute atomic E-state index is 0.0931. The minimum atomic E-state index is 0.0931.